The molecule has 1 atom stereocenters. The average molecular weight is 470 g/mol. The second-order valence-electron chi connectivity index (χ2n) is 8.48. The lowest BCUT2D eigenvalue weighted by Gasteiger charge is -2.25. The van der Waals surface area contributed by atoms with Gasteiger partial charge in [-0.2, -0.15) is 5.10 Å². The van der Waals surface area contributed by atoms with Gasteiger partial charge in [0, 0.05) is 36.3 Å². The fourth-order valence-electron chi connectivity index (χ4n) is 4.66. The largest absolute Gasteiger partial charge is 0.496 e. The number of ether oxygens (including phenoxy) is 2. The molecular weight excluding hydrogens is 445 g/mol. The Morgan fingerprint density at radius 3 is 2.65 bits per heavy atom. The van der Waals surface area contributed by atoms with Crippen LogP contribution in [0, 0.1) is 5.82 Å². The summed E-state index contributed by atoms with van der Waals surface area (Å²) in [5.74, 6) is 0.647. The third kappa shape index (κ3) is 3.94. The molecule has 4 aromatic rings. The maximum atomic E-state index is 14.8. The highest BCUT2D eigenvalue weighted by Gasteiger charge is 2.24. The molecule has 0 radical (unpaired) electrons. The number of nitrogens with one attached hydrogen (secondary N) is 1. The maximum Gasteiger partial charge on any atom is 0.266 e. The van der Waals surface area contributed by atoms with Crippen LogP contribution in [0.3, 0.4) is 0 Å². The van der Waals surface area contributed by atoms with Crippen LogP contribution in [0.2, 0.25) is 0 Å². The van der Waals surface area contributed by atoms with Crippen molar-refractivity contribution in [3.05, 3.63) is 65.1 Å². The molecule has 0 spiro atoms. The van der Waals surface area contributed by atoms with Crippen LogP contribution < -0.4 is 10.1 Å². The molecule has 6 nitrogen and oxygen atoms in total. The molecule has 1 saturated heterocycles. The number of hydrogen-bond donors (Lipinski definition) is 1. The number of methoxy groups -OCH3 is 1. The Hall–Kier alpha value is -3.33. The summed E-state index contributed by atoms with van der Waals surface area (Å²) < 4.78 is 54.3. The molecular formula is C25H25F3N4O2. The molecule has 1 aliphatic heterocycles. The van der Waals surface area contributed by atoms with E-state index in [-0.39, 0.29) is 11.5 Å². The fourth-order valence-corrected chi connectivity index (χ4v) is 4.66. The van der Waals surface area contributed by atoms with E-state index in [0.717, 1.165) is 41.1 Å². The summed E-state index contributed by atoms with van der Waals surface area (Å²) in [4.78, 5) is 4.71. The molecule has 0 saturated carbocycles. The lowest BCUT2D eigenvalue weighted by atomic mass is 9.90. The molecule has 1 unspecified atom stereocenters. The smallest absolute Gasteiger partial charge is 0.266 e. The molecule has 0 aliphatic carbocycles. The normalized spacial score (nSPS) is 15.8. The lowest BCUT2D eigenvalue weighted by Crippen LogP contribution is -2.15. The number of rotatable bonds is 6. The number of aromatic nitrogens is 3. The zero-order valence-corrected chi connectivity index (χ0v) is 18.9. The number of benzene rings is 2. The molecule has 2 aromatic heterocycles. The third-order valence-electron chi connectivity index (χ3n) is 6.45. The number of fused-ring (bicyclic) bond motifs is 3. The molecule has 5 rings (SSSR count). The van der Waals surface area contributed by atoms with Crippen molar-refractivity contribution in [3.63, 3.8) is 0 Å². The van der Waals surface area contributed by atoms with Gasteiger partial charge in [-0.3, -0.25) is 0 Å². The lowest BCUT2D eigenvalue weighted by molar-refractivity contribution is 0.0848. The van der Waals surface area contributed by atoms with E-state index in [9.17, 15) is 13.2 Å². The van der Waals surface area contributed by atoms with E-state index in [1.165, 1.54) is 12.1 Å². The van der Waals surface area contributed by atoms with Crippen LogP contribution >= 0.6 is 0 Å². The summed E-state index contributed by atoms with van der Waals surface area (Å²) >= 11 is 0. The Bertz CT molecular complexity index is 1330. The second-order valence-corrected chi connectivity index (χ2v) is 8.48. The van der Waals surface area contributed by atoms with Crippen molar-refractivity contribution in [2.75, 3.05) is 25.6 Å². The second kappa shape index (κ2) is 9.13. The van der Waals surface area contributed by atoms with Gasteiger partial charge in [-0.25, -0.2) is 22.7 Å². The van der Waals surface area contributed by atoms with E-state index in [1.54, 1.807) is 30.8 Å². The van der Waals surface area contributed by atoms with Gasteiger partial charge in [0.25, 0.3) is 6.43 Å². The zero-order valence-electron chi connectivity index (χ0n) is 18.9. The van der Waals surface area contributed by atoms with E-state index < -0.39 is 23.8 Å². The van der Waals surface area contributed by atoms with Crippen molar-refractivity contribution >= 4 is 22.4 Å². The van der Waals surface area contributed by atoms with Gasteiger partial charge < -0.3 is 14.8 Å². The number of anilines is 1. The van der Waals surface area contributed by atoms with Crippen LogP contribution in [-0.2, 0) is 4.74 Å². The Labute approximate surface area is 194 Å². The third-order valence-corrected chi connectivity index (χ3v) is 6.45. The summed E-state index contributed by atoms with van der Waals surface area (Å²) in [5.41, 5.74) is 1.97. The van der Waals surface area contributed by atoms with Gasteiger partial charge >= 0.3 is 0 Å². The Kier molecular flexibility index (Phi) is 6.03. The predicted octanol–water partition coefficient (Wildman–Crippen LogP) is 6.03. The highest BCUT2D eigenvalue weighted by molar-refractivity contribution is 5.93. The highest BCUT2D eigenvalue weighted by atomic mass is 19.3. The first kappa shape index (κ1) is 22.5. The quantitative estimate of drug-likeness (QED) is 0.373. The van der Waals surface area contributed by atoms with Gasteiger partial charge in [-0.05, 0) is 37.3 Å². The van der Waals surface area contributed by atoms with Crippen LogP contribution in [0.25, 0.3) is 16.6 Å². The molecule has 3 heterocycles. The first-order valence-electron chi connectivity index (χ1n) is 11.2. The average Bonchev–Trinajstić information content (AvgIpc) is 3.32. The van der Waals surface area contributed by atoms with E-state index in [4.69, 9.17) is 14.5 Å². The summed E-state index contributed by atoms with van der Waals surface area (Å²) in [6, 6.07) is 9.20. The molecule has 0 amide bonds. The molecule has 1 N–H and O–H groups in total. The van der Waals surface area contributed by atoms with Crippen molar-refractivity contribution in [1.82, 2.24) is 14.6 Å². The summed E-state index contributed by atoms with van der Waals surface area (Å²) in [7, 11) is 1.64. The molecule has 178 valence electrons. The van der Waals surface area contributed by atoms with E-state index in [1.807, 2.05) is 12.1 Å². The van der Waals surface area contributed by atoms with Crippen LogP contribution in [-0.4, -0.2) is 34.9 Å². The minimum absolute atomic E-state index is 0.152. The standard InChI is InChI=1S/C25H25F3N4O2/c1-14(16-4-3-5-17(23(16)26)24(27)28)30-25-19-12-18(15-7-10-34-11-8-15)21(33-2)13-20(19)32-22(31-25)6-9-29-32/h3-6,9,12-15,24H,7-8,10-11H2,1-2H3,(H,30,31). The Morgan fingerprint density at radius 1 is 1.15 bits per heavy atom. The van der Waals surface area contributed by atoms with Crippen LogP contribution in [0.4, 0.5) is 19.0 Å². The fraction of sp³-hybridized carbons (Fsp3) is 0.360. The molecule has 0 bridgehead atoms. The number of alkyl halides is 2. The van der Waals surface area contributed by atoms with Gasteiger partial charge in [0.2, 0.25) is 0 Å². The van der Waals surface area contributed by atoms with Crippen molar-refractivity contribution in [2.24, 2.45) is 0 Å². The minimum atomic E-state index is -2.89. The molecule has 9 heteroatoms. The van der Waals surface area contributed by atoms with Crippen molar-refractivity contribution in [1.29, 1.82) is 0 Å². The highest BCUT2D eigenvalue weighted by Crippen LogP contribution is 2.39. The van der Waals surface area contributed by atoms with Gasteiger partial charge in [0.05, 0.1) is 30.4 Å². The van der Waals surface area contributed by atoms with Gasteiger partial charge in [0.1, 0.15) is 17.4 Å². The summed E-state index contributed by atoms with van der Waals surface area (Å²) in [6.45, 7) is 3.10. The summed E-state index contributed by atoms with van der Waals surface area (Å²) in [5, 5.41) is 8.44. The van der Waals surface area contributed by atoms with Crippen molar-refractivity contribution in [2.45, 2.75) is 38.2 Å². The maximum absolute atomic E-state index is 14.8. The number of hydrogen-bond acceptors (Lipinski definition) is 5. The van der Waals surface area contributed by atoms with Crippen LogP contribution in [0.15, 0.2) is 42.6 Å². The van der Waals surface area contributed by atoms with E-state index in [2.05, 4.69) is 10.4 Å². The minimum Gasteiger partial charge on any atom is -0.496 e. The van der Waals surface area contributed by atoms with Crippen molar-refractivity contribution in [3.8, 4) is 5.75 Å². The Morgan fingerprint density at radius 2 is 1.91 bits per heavy atom. The van der Waals surface area contributed by atoms with Gasteiger partial charge in [-0.1, -0.05) is 18.2 Å². The summed E-state index contributed by atoms with van der Waals surface area (Å²) in [6.07, 6.45) is 0.525. The van der Waals surface area contributed by atoms with Gasteiger partial charge in [-0.15, -0.1) is 0 Å². The number of halogens is 3. The first-order chi connectivity index (χ1) is 16.5. The first-order valence-corrected chi connectivity index (χ1v) is 11.2. The van der Waals surface area contributed by atoms with Crippen molar-refractivity contribution < 1.29 is 22.6 Å². The zero-order chi connectivity index (χ0) is 23.8. The number of nitrogens with zero attached hydrogens (tertiary/aromatic N) is 3. The molecule has 1 aliphatic rings. The molecule has 34 heavy (non-hydrogen) atoms. The van der Waals surface area contributed by atoms with Gasteiger partial charge in [0.15, 0.2) is 5.65 Å². The monoisotopic (exact) mass is 470 g/mol. The SMILES string of the molecule is COc1cc2c(cc1C1CCOCC1)c(NC(C)c1cccc(C(F)F)c1F)nc1ccnn12. The predicted molar refractivity (Wildman–Crippen MR) is 123 cm³/mol. The topological polar surface area (TPSA) is 60.7 Å². The van der Waals surface area contributed by atoms with E-state index in [0.29, 0.717) is 24.7 Å². The van der Waals surface area contributed by atoms with Crippen LogP contribution in [0.1, 0.15) is 54.8 Å². The molecule has 1 fully saturated rings. The Balaban J connectivity index is 1.63. The van der Waals surface area contributed by atoms with E-state index >= 15 is 0 Å². The molecule has 2 aromatic carbocycles. The van der Waals surface area contributed by atoms with Crippen LogP contribution in [0.5, 0.6) is 5.75 Å².